The summed E-state index contributed by atoms with van der Waals surface area (Å²) in [6.07, 6.45) is 1.58. The third-order valence-electron chi connectivity index (χ3n) is 4.13. The highest BCUT2D eigenvalue weighted by Crippen LogP contribution is 2.25. The number of nitrogens with zero attached hydrogens (tertiary/aromatic N) is 1. The van der Waals surface area contributed by atoms with E-state index in [0.717, 1.165) is 16.9 Å². The standard InChI is InChI=1S/C22H21ClN2O/c1-22(2,3)17-7-5-9-19(13-17)25-21(26)16-10-11-20(24-14-16)15-6-4-8-18(23)12-15/h4-14H,1-3H3,(H,25,26). The van der Waals surface area contributed by atoms with Gasteiger partial charge in [0.2, 0.25) is 0 Å². The van der Waals surface area contributed by atoms with E-state index in [1.54, 1.807) is 12.3 Å². The highest BCUT2D eigenvalue weighted by Gasteiger charge is 2.14. The molecule has 0 spiro atoms. The van der Waals surface area contributed by atoms with E-state index in [1.807, 2.05) is 48.5 Å². The van der Waals surface area contributed by atoms with Crippen LogP contribution in [-0.4, -0.2) is 10.9 Å². The molecule has 3 rings (SSSR count). The minimum absolute atomic E-state index is 0.0287. The third kappa shape index (κ3) is 4.30. The Labute approximate surface area is 159 Å². The lowest BCUT2D eigenvalue weighted by Gasteiger charge is -2.19. The van der Waals surface area contributed by atoms with Gasteiger partial charge in [0, 0.05) is 22.5 Å². The predicted octanol–water partition coefficient (Wildman–Crippen LogP) is 5.95. The van der Waals surface area contributed by atoms with Crippen LogP contribution in [0.3, 0.4) is 0 Å². The minimum atomic E-state index is -0.179. The minimum Gasteiger partial charge on any atom is -0.322 e. The van der Waals surface area contributed by atoms with Gasteiger partial charge in [-0.15, -0.1) is 0 Å². The van der Waals surface area contributed by atoms with Crippen LogP contribution in [-0.2, 0) is 5.41 Å². The smallest absolute Gasteiger partial charge is 0.257 e. The molecule has 4 heteroatoms. The number of carbonyl (C=O) groups is 1. The summed E-state index contributed by atoms with van der Waals surface area (Å²) < 4.78 is 0. The molecule has 3 nitrogen and oxygen atoms in total. The largest absolute Gasteiger partial charge is 0.322 e. The number of nitrogens with one attached hydrogen (secondary N) is 1. The maximum Gasteiger partial charge on any atom is 0.257 e. The second kappa shape index (κ2) is 7.30. The van der Waals surface area contributed by atoms with Gasteiger partial charge in [-0.2, -0.15) is 0 Å². The summed E-state index contributed by atoms with van der Waals surface area (Å²) in [5.41, 5.74) is 4.19. The van der Waals surface area contributed by atoms with Crippen LogP contribution in [0.25, 0.3) is 11.3 Å². The van der Waals surface area contributed by atoms with Crippen molar-refractivity contribution in [3.63, 3.8) is 0 Å². The zero-order valence-electron chi connectivity index (χ0n) is 15.1. The van der Waals surface area contributed by atoms with Crippen molar-refractivity contribution in [1.29, 1.82) is 0 Å². The summed E-state index contributed by atoms with van der Waals surface area (Å²) in [5.74, 6) is -0.179. The Balaban J connectivity index is 1.77. The fourth-order valence-electron chi connectivity index (χ4n) is 2.61. The molecule has 1 heterocycles. The number of aromatic nitrogens is 1. The van der Waals surface area contributed by atoms with Gasteiger partial charge in [-0.1, -0.05) is 56.6 Å². The summed E-state index contributed by atoms with van der Waals surface area (Å²) in [6, 6.07) is 19.0. The second-order valence-corrected chi connectivity index (χ2v) is 7.66. The number of carbonyl (C=O) groups excluding carboxylic acids is 1. The molecule has 2 aromatic carbocycles. The maximum atomic E-state index is 12.5. The van der Waals surface area contributed by atoms with Crippen LogP contribution >= 0.6 is 11.6 Å². The molecule has 1 N–H and O–H groups in total. The molecule has 0 aliphatic rings. The molecule has 0 atom stereocenters. The molecule has 0 aliphatic carbocycles. The SMILES string of the molecule is CC(C)(C)c1cccc(NC(=O)c2ccc(-c3cccc(Cl)c3)nc2)c1. The van der Waals surface area contributed by atoms with Crippen molar-refractivity contribution in [3.05, 3.63) is 83.0 Å². The Morgan fingerprint density at radius 3 is 2.42 bits per heavy atom. The fraction of sp³-hybridized carbons (Fsp3) is 0.182. The van der Waals surface area contributed by atoms with Crippen LogP contribution in [0.4, 0.5) is 5.69 Å². The van der Waals surface area contributed by atoms with Crippen molar-refractivity contribution in [2.24, 2.45) is 0 Å². The van der Waals surface area contributed by atoms with E-state index in [4.69, 9.17) is 11.6 Å². The van der Waals surface area contributed by atoms with E-state index in [9.17, 15) is 4.79 Å². The van der Waals surface area contributed by atoms with Crippen LogP contribution in [0.2, 0.25) is 5.02 Å². The number of halogens is 1. The Kier molecular flexibility index (Phi) is 5.10. The molecular weight excluding hydrogens is 344 g/mol. The summed E-state index contributed by atoms with van der Waals surface area (Å²) in [6.45, 7) is 6.44. The van der Waals surface area contributed by atoms with E-state index in [-0.39, 0.29) is 11.3 Å². The van der Waals surface area contributed by atoms with Crippen LogP contribution < -0.4 is 5.32 Å². The first kappa shape index (κ1) is 18.2. The fourth-order valence-corrected chi connectivity index (χ4v) is 2.80. The van der Waals surface area contributed by atoms with Crippen LogP contribution in [0.1, 0.15) is 36.7 Å². The Hall–Kier alpha value is -2.65. The van der Waals surface area contributed by atoms with E-state index >= 15 is 0 Å². The van der Waals surface area contributed by atoms with Gasteiger partial charge in [0.25, 0.3) is 5.91 Å². The molecule has 1 aromatic heterocycles. The highest BCUT2D eigenvalue weighted by atomic mass is 35.5. The normalized spacial score (nSPS) is 11.2. The summed E-state index contributed by atoms with van der Waals surface area (Å²) in [4.78, 5) is 16.9. The topological polar surface area (TPSA) is 42.0 Å². The highest BCUT2D eigenvalue weighted by molar-refractivity contribution is 6.30. The number of anilines is 1. The Morgan fingerprint density at radius 2 is 1.77 bits per heavy atom. The predicted molar refractivity (Wildman–Crippen MR) is 108 cm³/mol. The molecule has 132 valence electrons. The summed E-state index contributed by atoms with van der Waals surface area (Å²) in [5, 5.41) is 3.60. The van der Waals surface area contributed by atoms with E-state index < -0.39 is 0 Å². The van der Waals surface area contributed by atoms with Gasteiger partial charge in [-0.05, 0) is 47.4 Å². The van der Waals surface area contributed by atoms with Crippen molar-refractivity contribution < 1.29 is 4.79 Å². The number of rotatable bonds is 3. The lowest BCUT2D eigenvalue weighted by atomic mass is 9.87. The Bertz CT molecular complexity index is 927. The first-order chi connectivity index (χ1) is 12.3. The van der Waals surface area contributed by atoms with Crippen molar-refractivity contribution in [1.82, 2.24) is 4.98 Å². The molecule has 0 unspecified atom stereocenters. The van der Waals surface area contributed by atoms with E-state index in [2.05, 4.69) is 37.1 Å². The van der Waals surface area contributed by atoms with Crippen LogP contribution in [0, 0.1) is 0 Å². The van der Waals surface area contributed by atoms with Crippen molar-refractivity contribution >= 4 is 23.2 Å². The monoisotopic (exact) mass is 364 g/mol. The van der Waals surface area contributed by atoms with Gasteiger partial charge < -0.3 is 5.32 Å². The molecule has 1 amide bonds. The molecule has 0 aliphatic heterocycles. The zero-order chi connectivity index (χ0) is 18.7. The second-order valence-electron chi connectivity index (χ2n) is 7.23. The number of benzene rings is 2. The van der Waals surface area contributed by atoms with Gasteiger partial charge in [0.1, 0.15) is 0 Å². The molecule has 0 radical (unpaired) electrons. The van der Waals surface area contributed by atoms with Gasteiger partial charge >= 0.3 is 0 Å². The van der Waals surface area contributed by atoms with Gasteiger partial charge in [-0.25, -0.2) is 0 Å². The quantitative estimate of drug-likeness (QED) is 0.623. The average Bonchev–Trinajstić information content (AvgIpc) is 2.61. The lowest BCUT2D eigenvalue weighted by Crippen LogP contribution is -2.14. The molecular formula is C22H21ClN2O. The van der Waals surface area contributed by atoms with Gasteiger partial charge in [0.05, 0.1) is 11.3 Å². The lowest BCUT2D eigenvalue weighted by molar-refractivity contribution is 0.102. The van der Waals surface area contributed by atoms with Gasteiger partial charge in [-0.3, -0.25) is 9.78 Å². The number of hydrogen-bond donors (Lipinski definition) is 1. The molecule has 0 saturated carbocycles. The summed E-state index contributed by atoms with van der Waals surface area (Å²) >= 11 is 6.02. The van der Waals surface area contributed by atoms with E-state index in [1.165, 1.54) is 5.56 Å². The first-order valence-corrected chi connectivity index (χ1v) is 8.84. The van der Waals surface area contributed by atoms with E-state index in [0.29, 0.717) is 10.6 Å². The number of pyridine rings is 1. The number of amides is 1. The zero-order valence-corrected chi connectivity index (χ0v) is 15.8. The number of hydrogen-bond acceptors (Lipinski definition) is 2. The Morgan fingerprint density at radius 1 is 1.00 bits per heavy atom. The van der Waals surface area contributed by atoms with Crippen molar-refractivity contribution in [2.45, 2.75) is 26.2 Å². The molecule has 0 fully saturated rings. The van der Waals surface area contributed by atoms with Crippen molar-refractivity contribution in [2.75, 3.05) is 5.32 Å². The third-order valence-corrected chi connectivity index (χ3v) is 4.37. The first-order valence-electron chi connectivity index (χ1n) is 8.47. The van der Waals surface area contributed by atoms with Crippen LogP contribution in [0.15, 0.2) is 66.9 Å². The maximum absolute atomic E-state index is 12.5. The molecule has 0 bridgehead atoms. The van der Waals surface area contributed by atoms with Crippen molar-refractivity contribution in [3.8, 4) is 11.3 Å². The van der Waals surface area contributed by atoms with Gasteiger partial charge in [0.15, 0.2) is 0 Å². The van der Waals surface area contributed by atoms with Crippen LogP contribution in [0.5, 0.6) is 0 Å². The summed E-state index contributed by atoms with van der Waals surface area (Å²) in [7, 11) is 0. The molecule has 0 saturated heterocycles. The average molecular weight is 365 g/mol. The molecule has 26 heavy (non-hydrogen) atoms. The molecule has 3 aromatic rings.